The van der Waals surface area contributed by atoms with Crippen molar-refractivity contribution in [2.45, 2.75) is 45.1 Å². The molecule has 5 nitrogen and oxygen atoms in total. The molecule has 2 saturated heterocycles. The highest BCUT2D eigenvalue weighted by Crippen LogP contribution is 2.31. The Kier molecular flexibility index (Phi) is 5.28. The number of hydrogen-bond acceptors (Lipinski definition) is 3. The van der Waals surface area contributed by atoms with Crippen molar-refractivity contribution in [2.24, 2.45) is 5.92 Å². The minimum Gasteiger partial charge on any atom is -0.329 e. The molecule has 0 bridgehead atoms. The van der Waals surface area contributed by atoms with Gasteiger partial charge in [0.1, 0.15) is 0 Å². The molecule has 1 amide bonds. The van der Waals surface area contributed by atoms with Crippen LogP contribution in [0.15, 0.2) is 0 Å². The van der Waals surface area contributed by atoms with Gasteiger partial charge in [0.2, 0.25) is 10.0 Å². The van der Waals surface area contributed by atoms with E-state index in [1.165, 1.54) is 6.26 Å². The average molecular weight is 312 g/mol. The van der Waals surface area contributed by atoms with E-state index in [9.17, 15) is 13.2 Å². The number of likely N-dealkylation sites (tertiary alicyclic amines) is 1. The first kappa shape index (κ1) is 16.3. The lowest BCUT2D eigenvalue weighted by Gasteiger charge is -2.42. The van der Waals surface area contributed by atoms with Crippen molar-refractivity contribution in [3.8, 4) is 11.8 Å². The van der Waals surface area contributed by atoms with E-state index >= 15 is 0 Å². The molecule has 0 aliphatic carbocycles. The number of sulfonamides is 1. The van der Waals surface area contributed by atoms with Gasteiger partial charge in [-0.3, -0.25) is 4.79 Å². The van der Waals surface area contributed by atoms with Gasteiger partial charge in [0.05, 0.1) is 6.26 Å². The topological polar surface area (TPSA) is 57.7 Å². The predicted molar refractivity (Wildman–Crippen MR) is 81.9 cm³/mol. The lowest BCUT2D eigenvalue weighted by molar-refractivity contribution is -0.130. The Balaban J connectivity index is 2.02. The molecule has 21 heavy (non-hydrogen) atoms. The summed E-state index contributed by atoms with van der Waals surface area (Å²) in [5.74, 6) is 5.65. The van der Waals surface area contributed by atoms with Crippen LogP contribution in [0.1, 0.15) is 39.0 Å². The van der Waals surface area contributed by atoms with Gasteiger partial charge < -0.3 is 4.90 Å². The van der Waals surface area contributed by atoms with E-state index in [1.807, 2.05) is 4.90 Å². The monoisotopic (exact) mass is 312 g/mol. The Hall–Kier alpha value is -1.06. The van der Waals surface area contributed by atoms with Crippen molar-refractivity contribution in [1.29, 1.82) is 0 Å². The first-order valence-corrected chi connectivity index (χ1v) is 9.47. The van der Waals surface area contributed by atoms with Crippen molar-refractivity contribution >= 4 is 15.9 Å². The molecule has 2 aliphatic rings. The fraction of sp³-hybridized carbons (Fsp3) is 0.800. The summed E-state index contributed by atoms with van der Waals surface area (Å²) < 4.78 is 24.7. The second-order valence-electron chi connectivity index (χ2n) is 5.94. The Morgan fingerprint density at radius 1 is 1.10 bits per heavy atom. The summed E-state index contributed by atoms with van der Waals surface area (Å²) in [4.78, 5) is 14.0. The third kappa shape index (κ3) is 3.98. The summed E-state index contributed by atoms with van der Waals surface area (Å²) >= 11 is 0. The van der Waals surface area contributed by atoms with Crippen LogP contribution < -0.4 is 0 Å². The Labute approximate surface area is 127 Å². The van der Waals surface area contributed by atoms with E-state index < -0.39 is 10.0 Å². The van der Waals surface area contributed by atoms with Gasteiger partial charge in [-0.1, -0.05) is 5.92 Å². The molecule has 0 saturated carbocycles. The van der Waals surface area contributed by atoms with Gasteiger partial charge in [0, 0.05) is 25.7 Å². The molecule has 1 atom stereocenters. The van der Waals surface area contributed by atoms with Gasteiger partial charge in [0.25, 0.3) is 5.91 Å². The molecule has 2 fully saturated rings. The minimum absolute atomic E-state index is 0.0762. The SMILES string of the molecule is CC#CC(=O)N1CCCCC1C1CCN(S(C)(=O)=O)CC1. The predicted octanol–water partition coefficient (Wildman–Crippen LogP) is 1.06. The standard InChI is InChI=1S/C15H24N2O3S/c1-3-6-15(18)17-10-5-4-7-14(17)13-8-11-16(12-9-13)21(2,19)20/h13-14H,4-5,7-12H2,1-2H3. The lowest BCUT2D eigenvalue weighted by Crippen LogP contribution is -2.50. The summed E-state index contributed by atoms with van der Waals surface area (Å²) in [6.45, 7) is 3.61. The van der Waals surface area contributed by atoms with E-state index in [1.54, 1.807) is 11.2 Å². The molecule has 1 unspecified atom stereocenters. The van der Waals surface area contributed by atoms with Crippen LogP contribution in [0, 0.1) is 17.8 Å². The second-order valence-corrected chi connectivity index (χ2v) is 7.92. The molecule has 0 radical (unpaired) electrons. The summed E-state index contributed by atoms with van der Waals surface area (Å²) in [6.07, 6.45) is 6.12. The fourth-order valence-electron chi connectivity index (χ4n) is 3.47. The first-order valence-electron chi connectivity index (χ1n) is 7.62. The smallest absolute Gasteiger partial charge is 0.298 e. The van der Waals surface area contributed by atoms with E-state index in [-0.39, 0.29) is 11.9 Å². The molecule has 0 aromatic carbocycles. The zero-order chi connectivity index (χ0) is 15.5. The van der Waals surface area contributed by atoms with Gasteiger partial charge in [0.15, 0.2) is 0 Å². The van der Waals surface area contributed by atoms with Crippen LogP contribution in [0.2, 0.25) is 0 Å². The van der Waals surface area contributed by atoms with E-state index in [0.29, 0.717) is 19.0 Å². The largest absolute Gasteiger partial charge is 0.329 e. The maximum Gasteiger partial charge on any atom is 0.298 e. The fourth-order valence-corrected chi connectivity index (χ4v) is 4.34. The molecule has 2 rings (SSSR count). The normalized spacial score (nSPS) is 25.2. The Morgan fingerprint density at radius 2 is 1.76 bits per heavy atom. The zero-order valence-electron chi connectivity index (χ0n) is 12.8. The highest BCUT2D eigenvalue weighted by Gasteiger charge is 2.35. The minimum atomic E-state index is -3.09. The van der Waals surface area contributed by atoms with Crippen molar-refractivity contribution in [1.82, 2.24) is 9.21 Å². The van der Waals surface area contributed by atoms with E-state index in [0.717, 1.165) is 38.6 Å². The van der Waals surface area contributed by atoms with Gasteiger partial charge in [-0.05, 0) is 50.9 Å². The molecule has 2 aliphatic heterocycles. The number of rotatable bonds is 2. The highest BCUT2D eigenvalue weighted by molar-refractivity contribution is 7.88. The maximum absolute atomic E-state index is 12.1. The molecule has 0 aromatic rings. The van der Waals surface area contributed by atoms with Crippen molar-refractivity contribution in [3.63, 3.8) is 0 Å². The van der Waals surface area contributed by atoms with Crippen LogP contribution in [0.4, 0.5) is 0 Å². The van der Waals surface area contributed by atoms with Crippen molar-refractivity contribution in [2.75, 3.05) is 25.9 Å². The third-order valence-corrected chi connectivity index (χ3v) is 5.86. The van der Waals surface area contributed by atoms with Gasteiger partial charge >= 0.3 is 0 Å². The number of amides is 1. The summed E-state index contributed by atoms with van der Waals surface area (Å²) in [7, 11) is -3.09. The number of carbonyl (C=O) groups excluding carboxylic acids is 1. The Morgan fingerprint density at radius 3 is 2.33 bits per heavy atom. The maximum atomic E-state index is 12.1. The highest BCUT2D eigenvalue weighted by atomic mass is 32.2. The lowest BCUT2D eigenvalue weighted by atomic mass is 9.84. The molecular formula is C15H24N2O3S. The van der Waals surface area contributed by atoms with Gasteiger partial charge in [-0.2, -0.15) is 0 Å². The molecule has 0 spiro atoms. The quantitative estimate of drug-likeness (QED) is 0.717. The van der Waals surface area contributed by atoms with Crippen molar-refractivity contribution < 1.29 is 13.2 Å². The van der Waals surface area contributed by atoms with Crippen LogP contribution in [0.3, 0.4) is 0 Å². The number of nitrogens with zero attached hydrogens (tertiary/aromatic N) is 2. The number of hydrogen-bond donors (Lipinski definition) is 0. The summed E-state index contributed by atoms with van der Waals surface area (Å²) in [5, 5.41) is 0. The summed E-state index contributed by atoms with van der Waals surface area (Å²) in [5.41, 5.74) is 0. The van der Waals surface area contributed by atoms with Crippen LogP contribution in [-0.4, -0.2) is 55.5 Å². The molecular weight excluding hydrogens is 288 g/mol. The van der Waals surface area contributed by atoms with Gasteiger partial charge in [-0.25, -0.2) is 12.7 Å². The molecule has 0 N–H and O–H groups in total. The van der Waals surface area contributed by atoms with E-state index in [2.05, 4.69) is 11.8 Å². The first-order chi connectivity index (χ1) is 9.93. The molecule has 6 heteroatoms. The van der Waals surface area contributed by atoms with Crippen molar-refractivity contribution in [3.05, 3.63) is 0 Å². The van der Waals surface area contributed by atoms with Crippen LogP contribution in [-0.2, 0) is 14.8 Å². The van der Waals surface area contributed by atoms with Gasteiger partial charge in [-0.15, -0.1) is 0 Å². The number of piperidine rings is 2. The van der Waals surface area contributed by atoms with Crippen LogP contribution in [0.5, 0.6) is 0 Å². The summed E-state index contributed by atoms with van der Waals surface area (Å²) in [6, 6.07) is 0.230. The zero-order valence-corrected chi connectivity index (χ0v) is 13.7. The van der Waals surface area contributed by atoms with Crippen LogP contribution in [0.25, 0.3) is 0 Å². The second kappa shape index (κ2) is 6.80. The van der Waals surface area contributed by atoms with Crippen LogP contribution >= 0.6 is 0 Å². The molecule has 118 valence electrons. The third-order valence-electron chi connectivity index (χ3n) is 4.55. The number of carbonyl (C=O) groups is 1. The molecule has 0 aromatic heterocycles. The molecule has 2 heterocycles. The Bertz CT molecular complexity index is 539. The average Bonchev–Trinajstić information content (AvgIpc) is 2.47. The van der Waals surface area contributed by atoms with E-state index in [4.69, 9.17) is 0 Å².